The number of ether oxygens (including phenoxy) is 1. The number of allylic oxidation sites excluding steroid dienone is 2. The molecular weight excluding hydrogens is 429 g/mol. The van der Waals surface area contributed by atoms with Gasteiger partial charge in [-0.05, 0) is 62.2 Å². The first-order chi connectivity index (χ1) is 16.3. The van der Waals surface area contributed by atoms with E-state index in [1.54, 1.807) is 27.1 Å². The van der Waals surface area contributed by atoms with Gasteiger partial charge < -0.3 is 14.5 Å². The van der Waals surface area contributed by atoms with Gasteiger partial charge in [0.05, 0.1) is 12.8 Å². The average Bonchev–Trinajstić information content (AvgIpc) is 2.88. The van der Waals surface area contributed by atoms with Gasteiger partial charge >= 0.3 is 0 Å². The topological polar surface area (TPSA) is 45.1 Å². The fraction of sp³-hybridized carbons (Fsp3) is 0.429. The van der Waals surface area contributed by atoms with Crippen LogP contribution in [0.2, 0.25) is 0 Å². The van der Waals surface area contributed by atoms with Crippen LogP contribution in [0.5, 0.6) is 5.75 Å². The number of nitrogens with zero attached hydrogens (tertiary/aromatic N) is 3. The summed E-state index contributed by atoms with van der Waals surface area (Å²) in [6.45, 7) is 11.3. The van der Waals surface area contributed by atoms with Gasteiger partial charge in [0.25, 0.3) is 0 Å². The first-order valence-corrected chi connectivity index (χ1v) is 11.9. The molecule has 0 N–H and O–H groups in total. The van der Waals surface area contributed by atoms with Crippen LogP contribution in [0.25, 0.3) is 0 Å². The summed E-state index contributed by atoms with van der Waals surface area (Å²) in [6.07, 6.45) is 3.64. The molecule has 0 radical (unpaired) electrons. The predicted molar refractivity (Wildman–Crippen MR) is 140 cm³/mol. The van der Waals surface area contributed by atoms with Crippen molar-refractivity contribution in [1.29, 1.82) is 0 Å². The lowest BCUT2D eigenvalue weighted by Gasteiger charge is -2.36. The number of aryl methyl sites for hydroxylation is 1. The number of hydrogen-bond donors (Lipinski definition) is 0. The zero-order valence-corrected chi connectivity index (χ0v) is 21.4. The van der Waals surface area contributed by atoms with Gasteiger partial charge in [-0.3, -0.25) is 9.79 Å². The number of halogens is 1. The fourth-order valence-corrected chi connectivity index (χ4v) is 3.66. The highest BCUT2D eigenvalue weighted by Gasteiger charge is 2.20. The summed E-state index contributed by atoms with van der Waals surface area (Å²) in [5.74, 6) is 0.954. The summed E-state index contributed by atoms with van der Waals surface area (Å²) in [4.78, 5) is 20.1. The van der Waals surface area contributed by atoms with E-state index in [9.17, 15) is 9.18 Å². The molecule has 0 atom stereocenters. The molecule has 6 heteroatoms. The SMILES string of the molecule is CC/C(C)=C/C(=NC)c1ccc(F)c(C)c1.CCC(=O)N1CCN(c2cccc(OC)c2)CC1. The van der Waals surface area contributed by atoms with Crippen molar-refractivity contribution in [2.24, 2.45) is 4.99 Å². The van der Waals surface area contributed by atoms with E-state index in [0.29, 0.717) is 12.0 Å². The van der Waals surface area contributed by atoms with E-state index >= 15 is 0 Å². The highest BCUT2D eigenvalue weighted by atomic mass is 19.1. The van der Waals surface area contributed by atoms with Gasteiger partial charge in [-0.1, -0.05) is 25.5 Å². The van der Waals surface area contributed by atoms with Crippen LogP contribution in [0.4, 0.5) is 10.1 Å². The normalized spacial score (nSPS) is 14.4. The molecule has 184 valence electrons. The Kier molecular flexibility index (Phi) is 10.8. The van der Waals surface area contributed by atoms with Crippen molar-refractivity contribution in [2.45, 2.75) is 40.5 Å². The van der Waals surface area contributed by atoms with Gasteiger partial charge in [0.1, 0.15) is 11.6 Å². The minimum atomic E-state index is -0.171. The Morgan fingerprint density at radius 1 is 1.09 bits per heavy atom. The van der Waals surface area contributed by atoms with Gasteiger partial charge in [-0.25, -0.2) is 4.39 Å². The maximum atomic E-state index is 13.1. The molecule has 0 unspecified atom stereocenters. The second kappa shape index (κ2) is 13.5. The summed E-state index contributed by atoms with van der Waals surface area (Å²) in [5.41, 5.74) is 4.96. The minimum Gasteiger partial charge on any atom is -0.497 e. The van der Waals surface area contributed by atoms with Gasteiger partial charge in [0.15, 0.2) is 0 Å². The molecule has 5 nitrogen and oxygen atoms in total. The van der Waals surface area contributed by atoms with E-state index < -0.39 is 0 Å². The summed E-state index contributed by atoms with van der Waals surface area (Å²) in [5, 5.41) is 0. The van der Waals surface area contributed by atoms with Crippen LogP contribution in [-0.2, 0) is 4.79 Å². The monoisotopic (exact) mass is 467 g/mol. The minimum absolute atomic E-state index is 0.171. The maximum absolute atomic E-state index is 13.1. The summed E-state index contributed by atoms with van der Waals surface area (Å²) < 4.78 is 18.4. The Morgan fingerprint density at radius 2 is 1.79 bits per heavy atom. The molecule has 1 fully saturated rings. The zero-order chi connectivity index (χ0) is 25.1. The number of methoxy groups -OCH3 is 1. The predicted octanol–water partition coefficient (Wildman–Crippen LogP) is 5.66. The van der Waals surface area contributed by atoms with E-state index in [-0.39, 0.29) is 11.7 Å². The lowest BCUT2D eigenvalue weighted by Crippen LogP contribution is -2.48. The first-order valence-electron chi connectivity index (χ1n) is 11.9. The third kappa shape index (κ3) is 7.72. The molecule has 34 heavy (non-hydrogen) atoms. The Morgan fingerprint density at radius 3 is 2.35 bits per heavy atom. The van der Waals surface area contributed by atoms with Crippen LogP contribution < -0.4 is 9.64 Å². The van der Waals surface area contributed by atoms with Crippen LogP contribution in [0.1, 0.15) is 44.7 Å². The largest absolute Gasteiger partial charge is 0.497 e. The van der Waals surface area contributed by atoms with Crippen molar-refractivity contribution in [3.05, 3.63) is 71.1 Å². The Balaban J connectivity index is 0.000000242. The van der Waals surface area contributed by atoms with E-state index in [0.717, 1.165) is 55.3 Å². The Labute approximate surface area is 203 Å². The lowest BCUT2D eigenvalue weighted by molar-refractivity contribution is -0.131. The number of amides is 1. The molecule has 1 aliphatic rings. The molecule has 0 bridgehead atoms. The Bertz CT molecular complexity index is 1010. The number of hydrogen-bond acceptors (Lipinski definition) is 4. The second-order valence-corrected chi connectivity index (χ2v) is 8.34. The lowest BCUT2D eigenvalue weighted by atomic mass is 10.0. The van der Waals surface area contributed by atoms with Gasteiger partial charge in [-0.2, -0.15) is 0 Å². The standard InChI is InChI=1S/C14H18FN.C14H20N2O2/c1-5-10(2)8-14(16-4)12-6-7-13(15)11(3)9-12;1-3-14(17)16-9-7-15(8-10-16)12-5-4-6-13(11-12)18-2/h6-9H,5H2,1-4H3;4-6,11H,3,7-10H2,1-2H3/b10-8+,16-14?;. The summed E-state index contributed by atoms with van der Waals surface area (Å²) in [7, 11) is 3.43. The van der Waals surface area contributed by atoms with Gasteiger partial charge in [-0.15, -0.1) is 0 Å². The first kappa shape index (κ1) is 27.1. The zero-order valence-electron chi connectivity index (χ0n) is 21.4. The van der Waals surface area contributed by atoms with Crippen molar-refractivity contribution in [3.63, 3.8) is 0 Å². The molecule has 1 heterocycles. The average molecular weight is 468 g/mol. The molecule has 0 aliphatic carbocycles. The van der Waals surface area contributed by atoms with Crippen LogP contribution in [0.15, 0.2) is 59.1 Å². The van der Waals surface area contributed by atoms with Crippen LogP contribution in [0.3, 0.4) is 0 Å². The number of rotatable bonds is 6. The molecule has 0 aromatic heterocycles. The van der Waals surface area contributed by atoms with Crippen molar-refractivity contribution >= 4 is 17.3 Å². The third-order valence-electron chi connectivity index (χ3n) is 5.99. The van der Waals surface area contributed by atoms with E-state index in [1.165, 1.54) is 11.6 Å². The molecule has 3 rings (SSSR count). The molecule has 2 aromatic rings. The fourth-order valence-electron chi connectivity index (χ4n) is 3.66. The van der Waals surface area contributed by atoms with E-state index in [1.807, 2.05) is 42.2 Å². The smallest absolute Gasteiger partial charge is 0.222 e. The molecule has 1 amide bonds. The van der Waals surface area contributed by atoms with Crippen LogP contribution >= 0.6 is 0 Å². The summed E-state index contributed by atoms with van der Waals surface area (Å²) >= 11 is 0. The highest BCUT2D eigenvalue weighted by molar-refractivity contribution is 6.09. The van der Waals surface area contributed by atoms with Crippen molar-refractivity contribution in [2.75, 3.05) is 45.2 Å². The number of anilines is 1. The molecule has 1 aliphatic heterocycles. The van der Waals surface area contributed by atoms with E-state index in [4.69, 9.17) is 4.74 Å². The molecular formula is C28H38FN3O2. The molecule has 2 aromatic carbocycles. The summed E-state index contributed by atoms with van der Waals surface area (Å²) in [6, 6.07) is 13.2. The van der Waals surface area contributed by atoms with E-state index in [2.05, 4.69) is 29.8 Å². The highest BCUT2D eigenvalue weighted by Crippen LogP contribution is 2.22. The van der Waals surface area contributed by atoms with Gasteiger partial charge in [0, 0.05) is 57.0 Å². The Hall–Kier alpha value is -3.15. The number of piperazine rings is 1. The van der Waals surface area contributed by atoms with Gasteiger partial charge in [0.2, 0.25) is 5.91 Å². The quantitative estimate of drug-likeness (QED) is 0.515. The van der Waals surface area contributed by atoms with Crippen LogP contribution in [0, 0.1) is 12.7 Å². The molecule has 0 spiro atoms. The number of aliphatic imine (C=N–C) groups is 1. The van der Waals surface area contributed by atoms with Crippen molar-refractivity contribution in [1.82, 2.24) is 4.90 Å². The second-order valence-electron chi connectivity index (χ2n) is 8.34. The van der Waals surface area contributed by atoms with Crippen LogP contribution in [-0.4, -0.2) is 56.9 Å². The number of carbonyl (C=O) groups excluding carboxylic acids is 1. The van der Waals surface area contributed by atoms with Crippen molar-refractivity contribution in [3.8, 4) is 5.75 Å². The number of benzene rings is 2. The van der Waals surface area contributed by atoms with Crippen molar-refractivity contribution < 1.29 is 13.9 Å². The molecule has 1 saturated heterocycles. The number of carbonyl (C=O) groups is 1. The third-order valence-corrected chi connectivity index (χ3v) is 5.99. The molecule has 0 saturated carbocycles. The maximum Gasteiger partial charge on any atom is 0.222 e.